The van der Waals surface area contributed by atoms with E-state index in [1.54, 1.807) is 36.9 Å². The number of aryl methyl sites for hydroxylation is 1. The fraction of sp³-hybridized carbons (Fsp3) is 0.400. The van der Waals surface area contributed by atoms with Crippen molar-refractivity contribution in [2.45, 2.75) is 25.0 Å². The molecule has 138 valence electrons. The van der Waals surface area contributed by atoms with E-state index in [-0.39, 0.29) is 11.5 Å². The van der Waals surface area contributed by atoms with Gasteiger partial charge in [0.2, 0.25) is 5.91 Å². The zero-order valence-corrected chi connectivity index (χ0v) is 15.2. The van der Waals surface area contributed by atoms with Crippen LogP contribution in [0.3, 0.4) is 0 Å². The molecule has 0 unspecified atom stereocenters. The number of amides is 1. The first-order valence-corrected chi connectivity index (χ1v) is 8.72. The first-order chi connectivity index (χ1) is 12.5. The van der Waals surface area contributed by atoms with Gasteiger partial charge in [0.25, 0.3) is 5.56 Å². The maximum atomic E-state index is 12.1. The molecular formula is C20H24N2O4. The average Bonchev–Trinajstić information content (AvgIpc) is 2.68. The van der Waals surface area contributed by atoms with Gasteiger partial charge in [-0.2, -0.15) is 0 Å². The molecule has 1 aliphatic rings. The predicted molar refractivity (Wildman–Crippen MR) is 100.0 cm³/mol. The van der Waals surface area contributed by atoms with E-state index in [1.165, 1.54) is 0 Å². The Morgan fingerprint density at radius 2 is 2.08 bits per heavy atom. The second kappa shape index (κ2) is 7.85. The molecule has 1 aliphatic heterocycles. The molecule has 1 N–H and O–H groups in total. The van der Waals surface area contributed by atoms with Crippen molar-refractivity contribution in [1.29, 1.82) is 0 Å². The van der Waals surface area contributed by atoms with Gasteiger partial charge in [-0.05, 0) is 35.2 Å². The van der Waals surface area contributed by atoms with Gasteiger partial charge in [0.1, 0.15) is 0 Å². The quantitative estimate of drug-likeness (QED) is 0.831. The van der Waals surface area contributed by atoms with Crippen LogP contribution < -0.4 is 10.9 Å². The van der Waals surface area contributed by atoms with E-state index in [2.05, 4.69) is 5.32 Å². The molecule has 6 heteroatoms. The summed E-state index contributed by atoms with van der Waals surface area (Å²) in [6.07, 6.45) is 4.87. The summed E-state index contributed by atoms with van der Waals surface area (Å²) in [7, 11) is 3.41. The van der Waals surface area contributed by atoms with Gasteiger partial charge in [-0.1, -0.05) is 6.07 Å². The molecule has 0 bridgehead atoms. The minimum atomic E-state index is -0.413. The van der Waals surface area contributed by atoms with Crippen LogP contribution in [-0.4, -0.2) is 36.4 Å². The minimum absolute atomic E-state index is 0.0381. The molecule has 0 atom stereocenters. The van der Waals surface area contributed by atoms with Crippen molar-refractivity contribution in [1.82, 2.24) is 9.88 Å². The highest BCUT2D eigenvalue weighted by Crippen LogP contribution is 2.25. The molecular weight excluding hydrogens is 332 g/mol. The number of ether oxygens (including phenoxy) is 2. The molecule has 2 aromatic rings. The van der Waals surface area contributed by atoms with Crippen molar-refractivity contribution < 1.29 is 14.3 Å². The zero-order valence-electron chi connectivity index (χ0n) is 15.2. The highest BCUT2D eigenvalue weighted by atomic mass is 16.5. The minimum Gasteiger partial charge on any atom is -0.381 e. The summed E-state index contributed by atoms with van der Waals surface area (Å²) < 4.78 is 12.5. The first-order valence-electron chi connectivity index (χ1n) is 8.72. The van der Waals surface area contributed by atoms with Gasteiger partial charge in [-0.25, -0.2) is 0 Å². The third-order valence-electron chi connectivity index (χ3n) is 4.94. The van der Waals surface area contributed by atoms with Crippen molar-refractivity contribution in [2.75, 3.05) is 20.3 Å². The van der Waals surface area contributed by atoms with E-state index in [0.717, 1.165) is 29.3 Å². The lowest BCUT2D eigenvalue weighted by atomic mass is 9.93. The van der Waals surface area contributed by atoms with Gasteiger partial charge in [-0.3, -0.25) is 9.59 Å². The van der Waals surface area contributed by atoms with Gasteiger partial charge in [-0.15, -0.1) is 0 Å². The monoisotopic (exact) mass is 356 g/mol. The van der Waals surface area contributed by atoms with Crippen LogP contribution in [-0.2, 0) is 27.9 Å². The van der Waals surface area contributed by atoms with Crippen LogP contribution in [0.2, 0.25) is 0 Å². The topological polar surface area (TPSA) is 69.6 Å². The number of benzene rings is 1. The molecule has 1 saturated heterocycles. The summed E-state index contributed by atoms with van der Waals surface area (Å²) in [6.45, 7) is 1.70. The van der Waals surface area contributed by atoms with Crippen LogP contribution in [0.25, 0.3) is 10.9 Å². The second-order valence-electron chi connectivity index (χ2n) is 6.56. The molecule has 0 saturated carbocycles. The van der Waals surface area contributed by atoms with E-state index in [0.29, 0.717) is 19.8 Å². The summed E-state index contributed by atoms with van der Waals surface area (Å²) in [5.41, 5.74) is 1.40. The fourth-order valence-corrected chi connectivity index (χ4v) is 3.18. The van der Waals surface area contributed by atoms with Crippen molar-refractivity contribution in [3.05, 3.63) is 58.4 Å². The average molecular weight is 356 g/mol. The summed E-state index contributed by atoms with van der Waals surface area (Å²) in [6, 6.07) is 9.15. The molecule has 1 amide bonds. The summed E-state index contributed by atoms with van der Waals surface area (Å²) in [5.74, 6) is -0.159. The number of nitrogens with zero attached hydrogens (tertiary/aromatic N) is 1. The van der Waals surface area contributed by atoms with Crippen molar-refractivity contribution >= 4 is 16.8 Å². The zero-order chi connectivity index (χ0) is 18.6. The van der Waals surface area contributed by atoms with Crippen molar-refractivity contribution in [2.24, 2.45) is 7.05 Å². The lowest BCUT2D eigenvalue weighted by molar-refractivity contribution is -0.117. The number of pyridine rings is 1. The number of carbonyl (C=O) groups excluding carboxylic acids is 1. The van der Waals surface area contributed by atoms with Crippen molar-refractivity contribution in [3.63, 3.8) is 0 Å². The van der Waals surface area contributed by atoms with Crippen LogP contribution in [0.5, 0.6) is 0 Å². The normalized spacial score (nSPS) is 16.8. The number of rotatable bonds is 5. The number of carbonyl (C=O) groups is 1. The van der Waals surface area contributed by atoms with E-state index in [4.69, 9.17) is 9.47 Å². The van der Waals surface area contributed by atoms with Crippen LogP contribution >= 0.6 is 0 Å². The summed E-state index contributed by atoms with van der Waals surface area (Å²) in [5, 5.41) is 3.86. The maximum absolute atomic E-state index is 12.1. The number of aromatic nitrogens is 1. The van der Waals surface area contributed by atoms with Gasteiger partial charge in [0.15, 0.2) is 0 Å². The summed E-state index contributed by atoms with van der Waals surface area (Å²) in [4.78, 5) is 23.8. The fourth-order valence-electron chi connectivity index (χ4n) is 3.18. The van der Waals surface area contributed by atoms with E-state index >= 15 is 0 Å². The highest BCUT2D eigenvalue weighted by molar-refractivity contribution is 5.87. The van der Waals surface area contributed by atoms with E-state index in [9.17, 15) is 9.59 Å². The third kappa shape index (κ3) is 4.03. The number of hydrogen-bond acceptors (Lipinski definition) is 4. The third-order valence-corrected chi connectivity index (χ3v) is 4.94. The Kier molecular flexibility index (Phi) is 5.54. The molecule has 1 fully saturated rings. The van der Waals surface area contributed by atoms with E-state index in [1.807, 2.05) is 24.3 Å². The molecule has 0 radical (unpaired) electrons. The van der Waals surface area contributed by atoms with Crippen LogP contribution in [0.15, 0.2) is 47.3 Å². The van der Waals surface area contributed by atoms with Gasteiger partial charge in [0, 0.05) is 58.9 Å². The van der Waals surface area contributed by atoms with Gasteiger partial charge >= 0.3 is 0 Å². The number of methoxy groups -OCH3 is 1. The largest absolute Gasteiger partial charge is 0.381 e. The molecule has 2 heterocycles. The molecule has 0 aliphatic carbocycles. The number of hydrogen-bond donors (Lipinski definition) is 1. The first kappa shape index (κ1) is 18.4. The molecule has 26 heavy (non-hydrogen) atoms. The SMILES string of the molecule is COC1(/C=C/C(=O)NCc2ccc3c(ccc(=O)n3C)c2)CCOCC1. The van der Waals surface area contributed by atoms with Gasteiger partial charge < -0.3 is 19.4 Å². The van der Waals surface area contributed by atoms with Crippen molar-refractivity contribution in [3.8, 4) is 0 Å². The Bertz CT molecular complexity index is 879. The van der Waals surface area contributed by atoms with Crippen LogP contribution in [0, 0.1) is 0 Å². The van der Waals surface area contributed by atoms with E-state index < -0.39 is 5.60 Å². The van der Waals surface area contributed by atoms with Crippen LogP contribution in [0.1, 0.15) is 18.4 Å². The molecule has 6 nitrogen and oxygen atoms in total. The molecule has 0 spiro atoms. The standard InChI is InChI=1S/C20H24N2O4/c1-22-17-5-3-15(13-16(17)4-6-19(22)24)14-21-18(23)7-8-20(25-2)9-11-26-12-10-20/h3-8,13H,9-12,14H2,1-2H3,(H,21,23)/b8-7+. The number of nitrogens with one attached hydrogen (secondary N) is 1. The lowest BCUT2D eigenvalue weighted by Gasteiger charge is -2.32. The predicted octanol–water partition coefficient (Wildman–Crippen LogP) is 1.91. The summed E-state index contributed by atoms with van der Waals surface area (Å²) >= 11 is 0. The second-order valence-corrected chi connectivity index (χ2v) is 6.56. The Labute approximate surface area is 152 Å². The number of fused-ring (bicyclic) bond motifs is 1. The van der Waals surface area contributed by atoms with Crippen LogP contribution in [0.4, 0.5) is 0 Å². The maximum Gasteiger partial charge on any atom is 0.250 e. The Balaban J connectivity index is 1.64. The highest BCUT2D eigenvalue weighted by Gasteiger charge is 2.29. The smallest absolute Gasteiger partial charge is 0.250 e. The molecule has 1 aromatic heterocycles. The Hall–Kier alpha value is -2.44. The Morgan fingerprint density at radius 3 is 2.81 bits per heavy atom. The Morgan fingerprint density at radius 1 is 1.31 bits per heavy atom. The molecule has 3 rings (SSSR count). The van der Waals surface area contributed by atoms with Gasteiger partial charge in [0.05, 0.1) is 11.1 Å². The lowest BCUT2D eigenvalue weighted by Crippen LogP contribution is -2.36. The molecule has 1 aromatic carbocycles.